The van der Waals surface area contributed by atoms with Gasteiger partial charge in [-0.15, -0.1) is 0 Å². The average molecular weight is 386 g/mol. The maximum atomic E-state index is 12.1. The molecule has 1 aliphatic carbocycles. The number of likely N-dealkylation sites (tertiary alicyclic amines) is 1. The highest BCUT2D eigenvalue weighted by molar-refractivity contribution is 5.77. The van der Waals surface area contributed by atoms with Gasteiger partial charge in [0.15, 0.2) is 0 Å². The van der Waals surface area contributed by atoms with E-state index in [1.165, 1.54) is 24.5 Å². The largest absolute Gasteiger partial charge is 0.394 e. The number of amides is 3. The SMILES string of the molecule is CCCNC(=O)NC[C@@H]1[C@H](c2ccc(C3=CCCC3)cc2)[C@@H](CO)N1C(C)=O. The lowest BCUT2D eigenvalue weighted by molar-refractivity contribution is -0.147. The third kappa shape index (κ3) is 4.22. The number of carbonyl (C=O) groups excluding carboxylic acids is 2. The molecule has 1 fully saturated rings. The van der Waals surface area contributed by atoms with E-state index in [9.17, 15) is 14.7 Å². The number of rotatable bonds is 7. The fourth-order valence-electron chi connectivity index (χ4n) is 4.44. The van der Waals surface area contributed by atoms with E-state index in [-0.39, 0.29) is 36.5 Å². The molecule has 0 radical (unpaired) electrons. The van der Waals surface area contributed by atoms with Crippen molar-refractivity contribution in [1.29, 1.82) is 0 Å². The first-order valence-electron chi connectivity index (χ1n) is 10.3. The zero-order valence-corrected chi connectivity index (χ0v) is 16.8. The molecule has 2 aliphatic rings. The lowest BCUT2D eigenvalue weighted by Crippen LogP contribution is -2.68. The highest BCUT2D eigenvalue weighted by Crippen LogP contribution is 2.41. The molecule has 6 heteroatoms. The molecule has 0 bridgehead atoms. The van der Waals surface area contributed by atoms with Crippen LogP contribution in [0.5, 0.6) is 0 Å². The van der Waals surface area contributed by atoms with Gasteiger partial charge < -0.3 is 20.6 Å². The molecule has 1 heterocycles. The molecule has 3 rings (SSSR count). The Kier molecular flexibility index (Phi) is 6.73. The first kappa shape index (κ1) is 20.4. The first-order chi connectivity index (χ1) is 13.6. The van der Waals surface area contributed by atoms with E-state index >= 15 is 0 Å². The molecule has 1 saturated heterocycles. The van der Waals surface area contributed by atoms with E-state index in [1.807, 2.05) is 6.92 Å². The highest BCUT2D eigenvalue weighted by atomic mass is 16.3. The van der Waals surface area contributed by atoms with Crippen LogP contribution >= 0.6 is 0 Å². The topological polar surface area (TPSA) is 81.7 Å². The molecule has 3 N–H and O–H groups in total. The summed E-state index contributed by atoms with van der Waals surface area (Å²) < 4.78 is 0. The van der Waals surface area contributed by atoms with Gasteiger partial charge in [0.25, 0.3) is 0 Å². The van der Waals surface area contributed by atoms with E-state index in [0.717, 1.165) is 24.8 Å². The third-order valence-electron chi connectivity index (χ3n) is 5.81. The van der Waals surface area contributed by atoms with Crippen LogP contribution in [-0.2, 0) is 4.79 Å². The van der Waals surface area contributed by atoms with Crippen LogP contribution in [0.25, 0.3) is 5.57 Å². The van der Waals surface area contributed by atoms with E-state index < -0.39 is 0 Å². The van der Waals surface area contributed by atoms with Gasteiger partial charge in [0.05, 0.1) is 18.7 Å². The van der Waals surface area contributed by atoms with E-state index in [0.29, 0.717) is 13.1 Å². The van der Waals surface area contributed by atoms with Crippen LogP contribution in [0, 0.1) is 0 Å². The summed E-state index contributed by atoms with van der Waals surface area (Å²) in [5.74, 6) is -0.0734. The molecule has 1 aromatic rings. The summed E-state index contributed by atoms with van der Waals surface area (Å²) in [4.78, 5) is 25.7. The number of aliphatic hydroxyl groups is 1. The van der Waals surface area contributed by atoms with Gasteiger partial charge in [0, 0.05) is 25.9 Å². The number of benzene rings is 1. The van der Waals surface area contributed by atoms with Crippen LogP contribution in [0.2, 0.25) is 0 Å². The minimum Gasteiger partial charge on any atom is -0.394 e. The van der Waals surface area contributed by atoms with Crippen molar-refractivity contribution in [2.45, 2.75) is 57.5 Å². The summed E-state index contributed by atoms with van der Waals surface area (Å²) >= 11 is 0. The maximum Gasteiger partial charge on any atom is 0.314 e. The molecule has 3 atom stereocenters. The predicted molar refractivity (Wildman–Crippen MR) is 110 cm³/mol. The lowest BCUT2D eigenvalue weighted by atomic mass is 9.74. The first-order valence-corrected chi connectivity index (χ1v) is 10.3. The van der Waals surface area contributed by atoms with Crippen LogP contribution in [-0.4, -0.2) is 53.7 Å². The van der Waals surface area contributed by atoms with Crippen molar-refractivity contribution in [2.24, 2.45) is 0 Å². The minimum atomic E-state index is -0.250. The fourth-order valence-corrected chi connectivity index (χ4v) is 4.44. The van der Waals surface area contributed by atoms with E-state index in [4.69, 9.17) is 0 Å². The number of carbonyl (C=O) groups is 2. The number of allylic oxidation sites excluding steroid dienone is 2. The molecule has 0 unspecified atom stereocenters. The van der Waals surface area contributed by atoms with Gasteiger partial charge in [-0.25, -0.2) is 4.79 Å². The molecule has 0 saturated carbocycles. The summed E-state index contributed by atoms with van der Waals surface area (Å²) in [6.45, 7) is 4.40. The van der Waals surface area contributed by atoms with Crippen LogP contribution in [0.15, 0.2) is 30.3 Å². The molecule has 28 heavy (non-hydrogen) atoms. The van der Waals surface area contributed by atoms with Crippen molar-refractivity contribution < 1.29 is 14.7 Å². The van der Waals surface area contributed by atoms with Crippen molar-refractivity contribution >= 4 is 17.5 Å². The van der Waals surface area contributed by atoms with Gasteiger partial charge in [0.1, 0.15) is 0 Å². The molecule has 0 aromatic heterocycles. The van der Waals surface area contributed by atoms with Gasteiger partial charge >= 0.3 is 6.03 Å². The van der Waals surface area contributed by atoms with Crippen molar-refractivity contribution in [1.82, 2.24) is 15.5 Å². The van der Waals surface area contributed by atoms with Crippen LogP contribution in [0.3, 0.4) is 0 Å². The normalized spacial score (nSPS) is 23.8. The molecular formula is C22H31N3O3. The number of nitrogens with zero attached hydrogens (tertiary/aromatic N) is 1. The number of hydrogen-bond donors (Lipinski definition) is 3. The zero-order valence-electron chi connectivity index (χ0n) is 16.8. The van der Waals surface area contributed by atoms with Crippen molar-refractivity contribution in [2.75, 3.05) is 19.7 Å². The summed E-state index contributed by atoms with van der Waals surface area (Å²) in [5, 5.41) is 15.5. The van der Waals surface area contributed by atoms with Gasteiger partial charge in [-0.3, -0.25) is 4.79 Å². The van der Waals surface area contributed by atoms with Crippen LogP contribution in [0.1, 0.15) is 56.6 Å². The summed E-state index contributed by atoms with van der Waals surface area (Å²) in [7, 11) is 0. The van der Waals surface area contributed by atoms with Crippen molar-refractivity contribution in [3.05, 3.63) is 41.5 Å². The Bertz CT molecular complexity index is 729. The highest BCUT2D eigenvalue weighted by Gasteiger charge is 2.49. The zero-order chi connectivity index (χ0) is 20.1. The Morgan fingerprint density at radius 2 is 1.93 bits per heavy atom. The molecule has 3 amide bonds. The van der Waals surface area contributed by atoms with Crippen LogP contribution in [0.4, 0.5) is 4.79 Å². The Morgan fingerprint density at radius 3 is 2.50 bits per heavy atom. The molecular weight excluding hydrogens is 354 g/mol. The average Bonchev–Trinajstić information content (AvgIpc) is 3.20. The van der Waals surface area contributed by atoms with E-state index in [2.05, 4.69) is 41.0 Å². The van der Waals surface area contributed by atoms with Crippen LogP contribution < -0.4 is 10.6 Å². The Morgan fingerprint density at radius 1 is 1.18 bits per heavy atom. The van der Waals surface area contributed by atoms with Gasteiger partial charge in [-0.2, -0.15) is 0 Å². The minimum absolute atomic E-state index is 0.00647. The Labute approximate surface area is 167 Å². The lowest BCUT2D eigenvalue weighted by Gasteiger charge is -2.54. The summed E-state index contributed by atoms with van der Waals surface area (Å²) in [5.41, 5.74) is 3.74. The quantitative estimate of drug-likeness (QED) is 0.675. The monoisotopic (exact) mass is 385 g/mol. The number of hydrogen-bond acceptors (Lipinski definition) is 3. The second-order valence-electron chi connectivity index (χ2n) is 7.65. The standard InChI is InChI=1S/C22H31N3O3/c1-3-12-23-22(28)24-13-19-21(20(14-26)25(19)15(2)27)18-10-8-17(9-11-18)16-6-4-5-7-16/h6,8-11,19-21,26H,3-5,7,12-14H2,1-2H3,(H2,23,24,28)/t19-,20-,21+/m1/s1. The molecule has 152 valence electrons. The molecule has 0 spiro atoms. The van der Waals surface area contributed by atoms with Gasteiger partial charge in [-0.1, -0.05) is 37.3 Å². The number of aliphatic hydroxyl groups excluding tert-OH is 1. The summed E-state index contributed by atoms with van der Waals surface area (Å²) in [6, 6.07) is 7.84. The molecule has 1 aliphatic heterocycles. The van der Waals surface area contributed by atoms with Gasteiger partial charge in [-0.05, 0) is 42.4 Å². The van der Waals surface area contributed by atoms with Crippen molar-refractivity contribution in [3.8, 4) is 0 Å². The van der Waals surface area contributed by atoms with Crippen molar-refractivity contribution in [3.63, 3.8) is 0 Å². The fraction of sp³-hybridized carbons (Fsp3) is 0.545. The predicted octanol–water partition coefficient (Wildman–Crippen LogP) is 2.64. The number of nitrogens with one attached hydrogen (secondary N) is 2. The summed E-state index contributed by atoms with van der Waals surface area (Å²) in [6.07, 6.45) is 6.66. The second-order valence-corrected chi connectivity index (χ2v) is 7.65. The number of urea groups is 1. The Hall–Kier alpha value is -2.34. The maximum absolute atomic E-state index is 12.1. The third-order valence-corrected chi connectivity index (χ3v) is 5.81. The molecule has 6 nitrogen and oxygen atoms in total. The Balaban J connectivity index is 1.73. The smallest absolute Gasteiger partial charge is 0.314 e. The van der Waals surface area contributed by atoms with Gasteiger partial charge in [0.2, 0.25) is 5.91 Å². The van der Waals surface area contributed by atoms with E-state index in [1.54, 1.807) is 4.90 Å². The second kappa shape index (κ2) is 9.24. The molecule has 1 aromatic carbocycles.